The molecule has 0 aliphatic rings. The van der Waals surface area contributed by atoms with Crippen molar-refractivity contribution in [2.45, 2.75) is 39.8 Å². The van der Waals surface area contributed by atoms with Crippen molar-refractivity contribution >= 4 is 0 Å². The molecule has 3 heteroatoms. The van der Waals surface area contributed by atoms with E-state index in [-0.39, 0.29) is 6.04 Å². The van der Waals surface area contributed by atoms with Gasteiger partial charge in [-0.05, 0) is 38.3 Å². The maximum Gasteiger partial charge on any atom is 0.0537 e. The molecular weight excluding hydrogens is 222 g/mol. The maximum absolute atomic E-state index is 6.26. The quantitative estimate of drug-likeness (QED) is 0.897. The van der Waals surface area contributed by atoms with Crippen LogP contribution >= 0.6 is 0 Å². The minimum Gasteiger partial charge on any atom is -0.324 e. The average molecular weight is 243 g/mol. The topological polar surface area (TPSA) is 43.8 Å². The van der Waals surface area contributed by atoms with Crippen LogP contribution in [0.5, 0.6) is 0 Å². The van der Waals surface area contributed by atoms with Gasteiger partial charge in [-0.3, -0.25) is 4.68 Å². The lowest BCUT2D eigenvalue weighted by molar-refractivity contribution is 0.655. The van der Waals surface area contributed by atoms with E-state index < -0.39 is 0 Å². The van der Waals surface area contributed by atoms with Crippen LogP contribution in [0.2, 0.25) is 0 Å². The van der Waals surface area contributed by atoms with Gasteiger partial charge in [0.05, 0.1) is 6.20 Å². The van der Waals surface area contributed by atoms with Crippen molar-refractivity contribution < 1.29 is 0 Å². The Balaban J connectivity index is 2.15. The van der Waals surface area contributed by atoms with Crippen LogP contribution in [0, 0.1) is 13.8 Å². The van der Waals surface area contributed by atoms with Gasteiger partial charge in [-0.1, -0.05) is 23.8 Å². The smallest absolute Gasteiger partial charge is 0.0537 e. The molecular formula is C15H21N3. The summed E-state index contributed by atoms with van der Waals surface area (Å²) < 4.78 is 1.91. The molecule has 2 rings (SSSR count). The van der Waals surface area contributed by atoms with Crippen LogP contribution in [-0.4, -0.2) is 9.78 Å². The van der Waals surface area contributed by atoms with Crippen molar-refractivity contribution in [2.75, 3.05) is 0 Å². The fourth-order valence-corrected chi connectivity index (χ4v) is 2.12. The minimum atomic E-state index is 0.0193. The highest BCUT2D eigenvalue weighted by Crippen LogP contribution is 2.19. The summed E-state index contributed by atoms with van der Waals surface area (Å²) in [6, 6.07) is 6.54. The molecule has 0 saturated carbocycles. The van der Waals surface area contributed by atoms with Gasteiger partial charge in [0.25, 0.3) is 0 Å². The van der Waals surface area contributed by atoms with Gasteiger partial charge in [-0.15, -0.1) is 0 Å². The number of aromatic nitrogens is 2. The number of aryl methyl sites for hydroxylation is 3. The molecule has 1 aromatic carbocycles. The number of nitrogens with zero attached hydrogens (tertiary/aromatic N) is 2. The lowest BCUT2D eigenvalue weighted by Gasteiger charge is -2.12. The molecule has 0 aliphatic carbocycles. The first kappa shape index (κ1) is 12.8. The molecule has 0 spiro atoms. The van der Waals surface area contributed by atoms with Gasteiger partial charge in [0.1, 0.15) is 0 Å². The van der Waals surface area contributed by atoms with Gasteiger partial charge in [-0.2, -0.15) is 5.10 Å². The summed E-state index contributed by atoms with van der Waals surface area (Å²) in [5, 5.41) is 4.27. The molecule has 96 valence electrons. The second-order valence-electron chi connectivity index (χ2n) is 4.87. The fourth-order valence-electron chi connectivity index (χ4n) is 2.12. The fraction of sp³-hybridized carbons (Fsp3) is 0.400. The highest BCUT2D eigenvalue weighted by molar-refractivity contribution is 5.32. The van der Waals surface area contributed by atoms with Crippen molar-refractivity contribution in [3.63, 3.8) is 0 Å². The Morgan fingerprint density at radius 2 is 2.11 bits per heavy atom. The van der Waals surface area contributed by atoms with Crippen LogP contribution in [-0.2, 0) is 13.0 Å². The van der Waals surface area contributed by atoms with E-state index in [0.717, 1.165) is 18.5 Å². The third kappa shape index (κ3) is 2.79. The molecule has 3 nitrogen and oxygen atoms in total. The largest absolute Gasteiger partial charge is 0.324 e. The van der Waals surface area contributed by atoms with Crippen molar-refractivity contribution in [3.8, 4) is 0 Å². The maximum atomic E-state index is 6.26. The van der Waals surface area contributed by atoms with Gasteiger partial charge >= 0.3 is 0 Å². The summed E-state index contributed by atoms with van der Waals surface area (Å²) in [6.45, 7) is 7.21. The van der Waals surface area contributed by atoms with Crippen LogP contribution in [0.15, 0.2) is 30.6 Å². The Morgan fingerprint density at radius 1 is 1.33 bits per heavy atom. The Morgan fingerprint density at radius 3 is 2.78 bits per heavy atom. The summed E-state index contributed by atoms with van der Waals surface area (Å²) >= 11 is 0. The Bertz CT molecular complexity index is 528. The molecule has 0 fully saturated rings. The van der Waals surface area contributed by atoms with Crippen molar-refractivity contribution in [2.24, 2.45) is 5.73 Å². The van der Waals surface area contributed by atoms with Crippen LogP contribution in [0.25, 0.3) is 0 Å². The van der Waals surface area contributed by atoms with E-state index in [4.69, 9.17) is 5.73 Å². The highest BCUT2D eigenvalue weighted by Gasteiger charge is 2.11. The number of hydrogen-bond donors (Lipinski definition) is 1. The molecule has 1 aromatic heterocycles. The summed E-state index contributed by atoms with van der Waals surface area (Å²) in [7, 11) is 0. The monoisotopic (exact) mass is 243 g/mol. The molecule has 1 atom stereocenters. The van der Waals surface area contributed by atoms with E-state index in [1.165, 1.54) is 16.7 Å². The number of benzene rings is 1. The van der Waals surface area contributed by atoms with Gasteiger partial charge < -0.3 is 5.73 Å². The Hall–Kier alpha value is -1.61. The van der Waals surface area contributed by atoms with Crippen LogP contribution in [0.1, 0.15) is 35.2 Å². The van der Waals surface area contributed by atoms with Gasteiger partial charge in [0.2, 0.25) is 0 Å². The summed E-state index contributed by atoms with van der Waals surface area (Å²) in [5.41, 5.74) is 11.3. The normalized spacial score (nSPS) is 12.7. The molecule has 0 saturated heterocycles. The first-order valence-corrected chi connectivity index (χ1v) is 6.44. The molecule has 0 bridgehead atoms. The second-order valence-corrected chi connectivity index (χ2v) is 4.87. The Labute approximate surface area is 109 Å². The summed E-state index contributed by atoms with van der Waals surface area (Å²) in [5.74, 6) is 0. The molecule has 0 radical (unpaired) electrons. The zero-order chi connectivity index (χ0) is 13.1. The van der Waals surface area contributed by atoms with E-state index in [2.05, 4.69) is 44.1 Å². The predicted molar refractivity (Wildman–Crippen MR) is 74.4 cm³/mol. The van der Waals surface area contributed by atoms with Gasteiger partial charge in [0.15, 0.2) is 0 Å². The van der Waals surface area contributed by atoms with Crippen LogP contribution in [0.4, 0.5) is 0 Å². The van der Waals surface area contributed by atoms with Gasteiger partial charge in [0, 0.05) is 24.3 Å². The van der Waals surface area contributed by atoms with Crippen molar-refractivity contribution in [3.05, 3.63) is 52.8 Å². The third-order valence-corrected chi connectivity index (χ3v) is 3.35. The summed E-state index contributed by atoms with van der Waals surface area (Å²) in [4.78, 5) is 0. The van der Waals surface area contributed by atoms with E-state index in [1.54, 1.807) is 0 Å². The molecule has 2 N–H and O–H groups in total. The first-order chi connectivity index (χ1) is 8.60. The molecule has 0 aliphatic heterocycles. The number of rotatable bonds is 4. The molecule has 0 amide bonds. The van der Waals surface area contributed by atoms with Crippen molar-refractivity contribution in [1.82, 2.24) is 9.78 Å². The molecule has 2 aromatic rings. The lowest BCUT2D eigenvalue weighted by atomic mass is 9.97. The molecule has 1 unspecified atom stereocenters. The average Bonchev–Trinajstić information content (AvgIpc) is 2.82. The summed E-state index contributed by atoms with van der Waals surface area (Å²) in [6.07, 6.45) is 4.78. The van der Waals surface area contributed by atoms with Gasteiger partial charge in [-0.25, -0.2) is 0 Å². The minimum absolute atomic E-state index is 0.0193. The molecule has 1 heterocycles. The second kappa shape index (κ2) is 5.36. The van der Waals surface area contributed by atoms with Crippen LogP contribution < -0.4 is 5.73 Å². The number of nitrogens with two attached hydrogens (primary N) is 1. The SMILES string of the molecule is CCn1cc(C(N)Cc2cc(C)ccc2C)cn1. The van der Waals surface area contributed by atoms with Crippen LogP contribution in [0.3, 0.4) is 0 Å². The van der Waals surface area contributed by atoms with E-state index in [1.807, 2.05) is 17.1 Å². The zero-order valence-electron chi connectivity index (χ0n) is 11.4. The lowest BCUT2D eigenvalue weighted by Crippen LogP contribution is -2.13. The van der Waals surface area contributed by atoms with Crippen molar-refractivity contribution in [1.29, 1.82) is 0 Å². The zero-order valence-corrected chi connectivity index (χ0v) is 11.4. The first-order valence-electron chi connectivity index (χ1n) is 6.44. The van der Waals surface area contributed by atoms with E-state index in [9.17, 15) is 0 Å². The Kier molecular flexibility index (Phi) is 3.82. The molecule has 18 heavy (non-hydrogen) atoms. The standard InChI is InChI=1S/C15H21N3/c1-4-18-10-14(9-17-18)15(16)8-13-7-11(2)5-6-12(13)3/h5-7,9-10,15H,4,8,16H2,1-3H3. The number of hydrogen-bond acceptors (Lipinski definition) is 2. The van der Waals surface area contributed by atoms with E-state index in [0.29, 0.717) is 0 Å². The predicted octanol–water partition coefficient (Wildman–Crippen LogP) is 2.76. The van der Waals surface area contributed by atoms with E-state index >= 15 is 0 Å². The highest BCUT2D eigenvalue weighted by atomic mass is 15.3. The third-order valence-electron chi connectivity index (χ3n) is 3.35.